The molecule has 3 heteroatoms. The second kappa shape index (κ2) is 6.05. The highest BCUT2D eigenvalue weighted by Crippen LogP contribution is 2.41. The summed E-state index contributed by atoms with van der Waals surface area (Å²) in [5.41, 5.74) is 7.43. The van der Waals surface area contributed by atoms with E-state index in [0.717, 1.165) is 12.0 Å². The van der Waals surface area contributed by atoms with Crippen LogP contribution in [0.3, 0.4) is 0 Å². The maximum atomic E-state index is 5.93. The molecule has 2 atom stereocenters. The number of nitrogens with one attached hydrogen (secondary N) is 1. The molecular weight excluding hydrogens is 244 g/mol. The number of hydrogen-bond acceptors (Lipinski definition) is 2. The number of hydrogen-bond donors (Lipinski definition) is 2. The molecule has 1 aromatic rings. The minimum Gasteiger partial charge on any atom is -0.328 e. The molecule has 3 N–H and O–H groups in total. The zero-order valence-electron chi connectivity index (χ0n) is 10.7. The van der Waals surface area contributed by atoms with Crippen molar-refractivity contribution < 1.29 is 0 Å². The van der Waals surface area contributed by atoms with E-state index in [1.54, 1.807) is 0 Å². The van der Waals surface area contributed by atoms with Crippen molar-refractivity contribution in [2.45, 2.75) is 56.1 Å². The average molecular weight is 267 g/mol. The molecule has 0 heterocycles. The van der Waals surface area contributed by atoms with Gasteiger partial charge < -0.3 is 11.1 Å². The summed E-state index contributed by atoms with van der Waals surface area (Å²) < 4.78 is 0. The lowest BCUT2D eigenvalue weighted by atomic mass is 9.92. The molecule has 2 saturated carbocycles. The van der Waals surface area contributed by atoms with Gasteiger partial charge in [-0.15, -0.1) is 12.4 Å². The van der Waals surface area contributed by atoms with Gasteiger partial charge in [0.1, 0.15) is 0 Å². The standard InChI is InChI=1S/C15H22N2.ClH/c16-12-6-8-13(9-7-12)17-15-10-14(15)11-4-2-1-3-5-11;/h1-5,12-15,17H,6-10,16H2;1H/t12-,13+,14-,15+;/m1./s1. The largest absolute Gasteiger partial charge is 0.328 e. The van der Waals surface area contributed by atoms with E-state index < -0.39 is 0 Å². The molecule has 0 spiro atoms. The van der Waals surface area contributed by atoms with Crippen LogP contribution in [-0.4, -0.2) is 18.1 Å². The first-order valence-corrected chi connectivity index (χ1v) is 6.89. The summed E-state index contributed by atoms with van der Waals surface area (Å²) in [6.45, 7) is 0. The van der Waals surface area contributed by atoms with Crippen molar-refractivity contribution in [1.82, 2.24) is 5.32 Å². The quantitative estimate of drug-likeness (QED) is 0.883. The Morgan fingerprint density at radius 1 is 1.00 bits per heavy atom. The van der Waals surface area contributed by atoms with Crippen LogP contribution in [0, 0.1) is 0 Å². The van der Waals surface area contributed by atoms with E-state index in [2.05, 4.69) is 35.6 Å². The lowest BCUT2D eigenvalue weighted by Crippen LogP contribution is -2.38. The lowest BCUT2D eigenvalue weighted by Gasteiger charge is -2.27. The highest BCUT2D eigenvalue weighted by atomic mass is 35.5. The van der Waals surface area contributed by atoms with Crippen molar-refractivity contribution >= 4 is 12.4 Å². The monoisotopic (exact) mass is 266 g/mol. The molecule has 0 aliphatic heterocycles. The van der Waals surface area contributed by atoms with Crippen LogP contribution in [0.5, 0.6) is 0 Å². The van der Waals surface area contributed by atoms with Crippen molar-refractivity contribution in [3.05, 3.63) is 35.9 Å². The Morgan fingerprint density at radius 2 is 1.67 bits per heavy atom. The average Bonchev–Trinajstić information content (AvgIpc) is 3.13. The van der Waals surface area contributed by atoms with Crippen LogP contribution in [0.1, 0.15) is 43.6 Å². The van der Waals surface area contributed by atoms with Crippen molar-refractivity contribution in [3.63, 3.8) is 0 Å². The van der Waals surface area contributed by atoms with Gasteiger partial charge in [-0.1, -0.05) is 30.3 Å². The van der Waals surface area contributed by atoms with E-state index in [0.29, 0.717) is 12.1 Å². The highest BCUT2D eigenvalue weighted by Gasteiger charge is 2.39. The smallest absolute Gasteiger partial charge is 0.0145 e. The molecule has 100 valence electrons. The minimum atomic E-state index is 0. The summed E-state index contributed by atoms with van der Waals surface area (Å²) in [6, 6.07) is 12.8. The van der Waals surface area contributed by atoms with Gasteiger partial charge in [0.25, 0.3) is 0 Å². The van der Waals surface area contributed by atoms with Crippen molar-refractivity contribution in [2.24, 2.45) is 5.73 Å². The van der Waals surface area contributed by atoms with Crippen molar-refractivity contribution in [3.8, 4) is 0 Å². The number of nitrogens with two attached hydrogens (primary N) is 1. The van der Waals surface area contributed by atoms with E-state index in [4.69, 9.17) is 5.73 Å². The third-order valence-corrected chi connectivity index (χ3v) is 4.24. The van der Waals surface area contributed by atoms with Crippen molar-refractivity contribution in [1.29, 1.82) is 0 Å². The predicted octanol–water partition coefficient (Wildman–Crippen LogP) is 2.82. The molecule has 3 rings (SSSR count). The summed E-state index contributed by atoms with van der Waals surface area (Å²) in [6.07, 6.45) is 6.23. The second-order valence-corrected chi connectivity index (χ2v) is 5.64. The van der Waals surface area contributed by atoms with Crippen LogP contribution >= 0.6 is 12.4 Å². The first-order chi connectivity index (χ1) is 8.33. The van der Waals surface area contributed by atoms with Gasteiger partial charge >= 0.3 is 0 Å². The van der Waals surface area contributed by atoms with Gasteiger partial charge in [-0.05, 0) is 37.7 Å². The van der Waals surface area contributed by atoms with Gasteiger partial charge in [-0.25, -0.2) is 0 Å². The SMILES string of the molecule is Cl.N[C@H]1CC[C@@H](N[C@H]2C[C@@H]2c2ccccc2)CC1. The fraction of sp³-hybridized carbons (Fsp3) is 0.600. The molecule has 0 saturated heterocycles. The number of rotatable bonds is 3. The Hall–Kier alpha value is -0.570. The zero-order valence-corrected chi connectivity index (χ0v) is 11.5. The topological polar surface area (TPSA) is 38.0 Å². The van der Waals surface area contributed by atoms with Gasteiger partial charge in [0.05, 0.1) is 0 Å². The van der Waals surface area contributed by atoms with Crippen LogP contribution in [0.25, 0.3) is 0 Å². The molecule has 2 aliphatic carbocycles. The Labute approximate surface area is 116 Å². The molecule has 2 aliphatic rings. The number of halogens is 1. The molecule has 1 aromatic carbocycles. The van der Waals surface area contributed by atoms with Crippen LogP contribution in [0.4, 0.5) is 0 Å². The maximum Gasteiger partial charge on any atom is 0.0145 e. The third-order valence-electron chi connectivity index (χ3n) is 4.24. The molecule has 0 radical (unpaired) electrons. The van der Waals surface area contributed by atoms with Crippen LogP contribution in [0.2, 0.25) is 0 Å². The van der Waals surface area contributed by atoms with Gasteiger partial charge in [0, 0.05) is 24.0 Å². The first-order valence-electron chi connectivity index (χ1n) is 6.89. The van der Waals surface area contributed by atoms with E-state index in [1.807, 2.05) is 0 Å². The first kappa shape index (κ1) is 13.9. The predicted molar refractivity (Wildman–Crippen MR) is 78.2 cm³/mol. The highest BCUT2D eigenvalue weighted by molar-refractivity contribution is 5.85. The molecule has 0 bridgehead atoms. The van der Waals surface area contributed by atoms with Gasteiger partial charge in [0.15, 0.2) is 0 Å². The fourth-order valence-corrected chi connectivity index (χ4v) is 3.04. The second-order valence-electron chi connectivity index (χ2n) is 5.64. The maximum absolute atomic E-state index is 5.93. The van der Waals surface area contributed by atoms with Gasteiger partial charge in [0.2, 0.25) is 0 Å². The summed E-state index contributed by atoms with van der Waals surface area (Å²) >= 11 is 0. The van der Waals surface area contributed by atoms with E-state index >= 15 is 0 Å². The number of benzene rings is 1. The Morgan fingerprint density at radius 3 is 2.33 bits per heavy atom. The molecule has 0 amide bonds. The van der Waals surface area contributed by atoms with E-state index in [-0.39, 0.29) is 12.4 Å². The molecular formula is C15H23ClN2. The van der Waals surface area contributed by atoms with Gasteiger partial charge in [-0.2, -0.15) is 0 Å². The van der Waals surface area contributed by atoms with Crippen LogP contribution < -0.4 is 11.1 Å². The Balaban J connectivity index is 0.00000120. The Bertz CT molecular complexity index is 360. The lowest BCUT2D eigenvalue weighted by molar-refractivity contribution is 0.339. The van der Waals surface area contributed by atoms with E-state index in [9.17, 15) is 0 Å². The third kappa shape index (κ3) is 3.25. The molecule has 18 heavy (non-hydrogen) atoms. The Kier molecular flexibility index (Phi) is 4.66. The molecule has 0 aromatic heterocycles. The summed E-state index contributed by atoms with van der Waals surface area (Å²) in [5, 5.41) is 3.81. The summed E-state index contributed by atoms with van der Waals surface area (Å²) in [5.74, 6) is 0.756. The molecule has 2 fully saturated rings. The van der Waals surface area contributed by atoms with Crippen molar-refractivity contribution in [2.75, 3.05) is 0 Å². The normalized spacial score (nSPS) is 34.7. The molecule has 2 nitrogen and oxygen atoms in total. The minimum absolute atomic E-state index is 0. The fourth-order valence-electron chi connectivity index (χ4n) is 3.04. The summed E-state index contributed by atoms with van der Waals surface area (Å²) in [4.78, 5) is 0. The van der Waals surface area contributed by atoms with Crippen LogP contribution in [0.15, 0.2) is 30.3 Å². The summed E-state index contributed by atoms with van der Waals surface area (Å²) in [7, 11) is 0. The molecule has 0 unspecified atom stereocenters. The van der Waals surface area contributed by atoms with E-state index in [1.165, 1.54) is 37.7 Å². The van der Waals surface area contributed by atoms with Crippen LogP contribution in [-0.2, 0) is 0 Å². The zero-order chi connectivity index (χ0) is 11.7. The van der Waals surface area contributed by atoms with Gasteiger partial charge in [-0.3, -0.25) is 0 Å².